The Labute approximate surface area is 108 Å². The summed E-state index contributed by atoms with van der Waals surface area (Å²) in [5.41, 5.74) is 7.01. The first-order valence-electron chi connectivity index (χ1n) is 6.49. The summed E-state index contributed by atoms with van der Waals surface area (Å²) in [6, 6.07) is 3.34. The average Bonchev–Trinajstić information content (AvgIpc) is 3.07. The second-order valence-corrected chi connectivity index (χ2v) is 5.31. The number of nitrogens with two attached hydrogens (primary N) is 1. The molecule has 0 heterocycles. The average molecular weight is 252 g/mol. The molecule has 0 amide bonds. The summed E-state index contributed by atoms with van der Waals surface area (Å²) in [5.74, 6) is 0.555. The molecule has 0 saturated heterocycles. The van der Waals surface area contributed by atoms with Crippen molar-refractivity contribution < 1.29 is 9.13 Å². The summed E-state index contributed by atoms with van der Waals surface area (Å²) < 4.78 is 19.1. The van der Waals surface area contributed by atoms with Crippen molar-refractivity contribution in [2.24, 2.45) is 5.92 Å². The van der Waals surface area contributed by atoms with Crippen LogP contribution in [0.5, 0.6) is 5.75 Å². The van der Waals surface area contributed by atoms with Crippen molar-refractivity contribution in [3.63, 3.8) is 0 Å². The Morgan fingerprint density at radius 3 is 2.56 bits per heavy atom. The molecule has 1 aromatic carbocycles. The molecule has 1 aliphatic carbocycles. The topological polar surface area (TPSA) is 47.3 Å². The van der Waals surface area contributed by atoms with Gasteiger partial charge in [-0.15, -0.1) is 0 Å². The number of hydrogen-bond acceptors (Lipinski definition) is 3. The van der Waals surface area contributed by atoms with Gasteiger partial charge >= 0.3 is 0 Å². The molecule has 1 aromatic rings. The van der Waals surface area contributed by atoms with Crippen LogP contribution >= 0.6 is 0 Å². The van der Waals surface area contributed by atoms with E-state index in [1.54, 1.807) is 6.07 Å². The molecule has 3 nitrogen and oxygen atoms in total. The fourth-order valence-electron chi connectivity index (χ4n) is 2.00. The smallest absolute Gasteiger partial charge is 0.167 e. The Bertz CT molecular complexity index is 430. The maximum atomic E-state index is 13.7. The lowest BCUT2D eigenvalue weighted by atomic mass is 10.2. The van der Waals surface area contributed by atoms with E-state index in [4.69, 9.17) is 10.5 Å². The van der Waals surface area contributed by atoms with Crippen LogP contribution in [0.3, 0.4) is 0 Å². The SMILES string of the molecule is CC(C)Oc1cc(NC(C)C2CC2)c(N)cc1F. The van der Waals surface area contributed by atoms with Gasteiger partial charge in [-0.1, -0.05) is 0 Å². The van der Waals surface area contributed by atoms with Crippen LogP contribution in [0.2, 0.25) is 0 Å². The lowest BCUT2D eigenvalue weighted by Crippen LogP contribution is -2.18. The molecular weight excluding hydrogens is 231 g/mol. The summed E-state index contributed by atoms with van der Waals surface area (Å²) in [6.07, 6.45) is 2.45. The molecule has 18 heavy (non-hydrogen) atoms. The maximum absolute atomic E-state index is 13.7. The molecule has 100 valence electrons. The zero-order chi connectivity index (χ0) is 13.3. The third kappa shape index (κ3) is 3.06. The number of anilines is 2. The molecule has 1 aliphatic rings. The highest BCUT2D eigenvalue weighted by atomic mass is 19.1. The van der Waals surface area contributed by atoms with Gasteiger partial charge in [0.05, 0.1) is 17.5 Å². The van der Waals surface area contributed by atoms with Crippen LogP contribution in [0, 0.1) is 11.7 Å². The highest BCUT2D eigenvalue weighted by molar-refractivity contribution is 5.69. The minimum Gasteiger partial charge on any atom is -0.488 e. The van der Waals surface area contributed by atoms with E-state index in [0.717, 1.165) is 5.69 Å². The van der Waals surface area contributed by atoms with Crippen molar-refractivity contribution in [3.05, 3.63) is 17.9 Å². The lowest BCUT2D eigenvalue weighted by Gasteiger charge is -2.18. The fourth-order valence-corrected chi connectivity index (χ4v) is 2.00. The number of nitrogen functional groups attached to an aromatic ring is 1. The predicted molar refractivity (Wildman–Crippen MR) is 72.4 cm³/mol. The standard InChI is InChI=1S/C14H21FN2O/c1-8(2)18-14-7-13(12(16)6-11(14)15)17-9(3)10-4-5-10/h6-10,17H,4-5,16H2,1-3H3. The number of rotatable bonds is 5. The van der Waals surface area contributed by atoms with Gasteiger partial charge in [-0.2, -0.15) is 0 Å². The second kappa shape index (κ2) is 5.04. The molecule has 1 fully saturated rings. The van der Waals surface area contributed by atoms with Crippen LogP contribution in [-0.4, -0.2) is 12.1 Å². The van der Waals surface area contributed by atoms with Crippen LogP contribution in [0.1, 0.15) is 33.6 Å². The van der Waals surface area contributed by atoms with E-state index >= 15 is 0 Å². The van der Waals surface area contributed by atoms with Crippen molar-refractivity contribution in [2.75, 3.05) is 11.1 Å². The van der Waals surface area contributed by atoms with Crippen molar-refractivity contribution in [1.82, 2.24) is 0 Å². The summed E-state index contributed by atoms with van der Waals surface area (Å²) >= 11 is 0. The number of hydrogen-bond donors (Lipinski definition) is 2. The summed E-state index contributed by atoms with van der Waals surface area (Å²) in [5, 5.41) is 3.34. The molecule has 0 aliphatic heterocycles. The van der Waals surface area contributed by atoms with Gasteiger partial charge in [-0.3, -0.25) is 0 Å². The van der Waals surface area contributed by atoms with Gasteiger partial charge in [-0.05, 0) is 39.5 Å². The first kappa shape index (κ1) is 13.0. The van der Waals surface area contributed by atoms with Crippen LogP contribution in [0.15, 0.2) is 12.1 Å². The Balaban J connectivity index is 2.17. The molecule has 1 unspecified atom stereocenters. The molecule has 0 bridgehead atoms. The van der Waals surface area contributed by atoms with Gasteiger partial charge in [0, 0.05) is 18.2 Å². The van der Waals surface area contributed by atoms with Gasteiger partial charge in [0.25, 0.3) is 0 Å². The number of ether oxygens (including phenoxy) is 1. The van der Waals surface area contributed by atoms with Crippen molar-refractivity contribution in [3.8, 4) is 5.75 Å². The normalized spacial score (nSPS) is 16.7. The molecular formula is C14H21FN2O. The Morgan fingerprint density at radius 2 is 2.00 bits per heavy atom. The van der Waals surface area contributed by atoms with Crippen molar-refractivity contribution in [2.45, 2.75) is 45.8 Å². The first-order chi connectivity index (χ1) is 8.47. The third-order valence-corrected chi connectivity index (χ3v) is 3.18. The number of halogens is 1. The Kier molecular flexibility index (Phi) is 3.64. The molecule has 1 atom stereocenters. The number of benzene rings is 1. The van der Waals surface area contributed by atoms with Crippen LogP contribution in [0.4, 0.5) is 15.8 Å². The van der Waals surface area contributed by atoms with E-state index in [2.05, 4.69) is 12.2 Å². The van der Waals surface area contributed by atoms with E-state index in [1.807, 2.05) is 13.8 Å². The molecule has 0 spiro atoms. The highest BCUT2D eigenvalue weighted by Crippen LogP contribution is 2.36. The summed E-state index contributed by atoms with van der Waals surface area (Å²) in [7, 11) is 0. The van der Waals surface area contributed by atoms with Gasteiger partial charge in [-0.25, -0.2) is 4.39 Å². The van der Waals surface area contributed by atoms with Gasteiger partial charge in [0.2, 0.25) is 0 Å². The van der Waals surface area contributed by atoms with Crippen molar-refractivity contribution >= 4 is 11.4 Å². The lowest BCUT2D eigenvalue weighted by molar-refractivity contribution is 0.231. The van der Waals surface area contributed by atoms with Crippen LogP contribution in [-0.2, 0) is 0 Å². The Morgan fingerprint density at radius 1 is 1.33 bits per heavy atom. The summed E-state index contributed by atoms with van der Waals surface area (Å²) in [4.78, 5) is 0. The van der Waals surface area contributed by atoms with Gasteiger partial charge < -0.3 is 15.8 Å². The zero-order valence-corrected chi connectivity index (χ0v) is 11.2. The Hall–Kier alpha value is -1.45. The van der Waals surface area contributed by atoms with E-state index in [9.17, 15) is 4.39 Å². The van der Waals surface area contributed by atoms with E-state index in [0.29, 0.717) is 17.6 Å². The second-order valence-electron chi connectivity index (χ2n) is 5.31. The molecule has 3 N–H and O–H groups in total. The third-order valence-electron chi connectivity index (χ3n) is 3.18. The highest BCUT2D eigenvalue weighted by Gasteiger charge is 2.28. The minimum absolute atomic E-state index is 0.0585. The fraction of sp³-hybridized carbons (Fsp3) is 0.571. The van der Waals surface area contributed by atoms with E-state index in [-0.39, 0.29) is 11.9 Å². The zero-order valence-electron chi connectivity index (χ0n) is 11.2. The maximum Gasteiger partial charge on any atom is 0.167 e. The van der Waals surface area contributed by atoms with Crippen molar-refractivity contribution in [1.29, 1.82) is 0 Å². The molecule has 4 heteroatoms. The summed E-state index contributed by atoms with van der Waals surface area (Å²) in [6.45, 7) is 5.87. The quantitative estimate of drug-likeness (QED) is 0.789. The predicted octanol–water partition coefficient (Wildman–Crippen LogP) is 3.41. The van der Waals surface area contributed by atoms with E-state index in [1.165, 1.54) is 18.9 Å². The van der Waals surface area contributed by atoms with Crippen LogP contribution < -0.4 is 15.8 Å². The molecule has 1 saturated carbocycles. The number of nitrogens with one attached hydrogen (secondary N) is 1. The first-order valence-corrected chi connectivity index (χ1v) is 6.49. The largest absolute Gasteiger partial charge is 0.488 e. The molecule has 2 rings (SSSR count). The van der Waals surface area contributed by atoms with Gasteiger partial charge in [0.15, 0.2) is 11.6 Å². The monoisotopic (exact) mass is 252 g/mol. The minimum atomic E-state index is -0.411. The molecule has 0 aromatic heterocycles. The van der Waals surface area contributed by atoms with E-state index < -0.39 is 5.82 Å². The van der Waals surface area contributed by atoms with Gasteiger partial charge in [0.1, 0.15) is 0 Å². The molecule has 0 radical (unpaired) electrons. The van der Waals surface area contributed by atoms with Crippen LogP contribution in [0.25, 0.3) is 0 Å².